The molecule has 11 heteroatoms. The highest BCUT2D eigenvalue weighted by Gasteiger charge is 2.44. The molecule has 0 aromatic heterocycles. The highest BCUT2D eigenvalue weighted by atomic mass is 32.2. The SMILES string of the molecule is C=CCC(CCCC)(NC(=O)c1ccc(N)cc1C(=O)NC(CC=C)(CCCC)S(=O)(=O)C=C)S(=O)(=O)C=C. The Hall–Kier alpha value is -3.18. The quantitative estimate of drug-likeness (QED) is 0.167. The van der Waals surface area contributed by atoms with Gasteiger partial charge in [0.05, 0.1) is 11.1 Å². The number of anilines is 1. The van der Waals surface area contributed by atoms with Crippen LogP contribution in [0.15, 0.2) is 67.5 Å². The Morgan fingerprint density at radius 3 is 1.56 bits per heavy atom. The minimum Gasteiger partial charge on any atom is -0.399 e. The second-order valence-corrected chi connectivity index (χ2v) is 13.7. The summed E-state index contributed by atoms with van der Waals surface area (Å²) >= 11 is 0. The molecule has 1 aromatic rings. The molecule has 0 aliphatic carbocycles. The van der Waals surface area contributed by atoms with E-state index in [1.807, 2.05) is 13.8 Å². The summed E-state index contributed by atoms with van der Waals surface area (Å²) in [4.78, 5) is 23.7. The first-order valence-electron chi connectivity index (χ1n) is 12.8. The molecule has 1 aromatic carbocycles. The van der Waals surface area contributed by atoms with Crippen LogP contribution in [0.5, 0.6) is 0 Å². The lowest BCUT2D eigenvalue weighted by Gasteiger charge is -2.34. The summed E-state index contributed by atoms with van der Waals surface area (Å²) < 4.78 is 52.4. The number of nitrogens with two attached hydrogens (primary N) is 1. The summed E-state index contributed by atoms with van der Waals surface area (Å²) in [6.45, 7) is 17.9. The van der Waals surface area contributed by atoms with Crippen LogP contribution in [0, 0.1) is 0 Å². The number of carbonyl (C=O) groups is 2. The minimum absolute atomic E-state index is 0.0799. The van der Waals surface area contributed by atoms with Gasteiger partial charge in [-0.05, 0) is 31.0 Å². The van der Waals surface area contributed by atoms with E-state index in [0.717, 1.165) is 10.8 Å². The van der Waals surface area contributed by atoms with Gasteiger partial charge >= 0.3 is 0 Å². The van der Waals surface area contributed by atoms with Gasteiger partial charge in [0.1, 0.15) is 9.74 Å². The fraction of sp³-hybridized carbons (Fsp3) is 0.429. The smallest absolute Gasteiger partial charge is 0.253 e. The molecule has 216 valence electrons. The molecule has 0 aliphatic rings. The van der Waals surface area contributed by atoms with E-state index in [1.54, 1.807) is 0 Å². The lowest BCUT2D eigenvalue weighted by molar-refractivity contribution is 0.0888. The van der Waals surface area contributed by atoms with Crippen molar-refractivity contribution >= 4 is 37.2 Å². The van der Waals surface area contributed by atoms with Crippen molar-refractivity contribution in [3.8, 4) is 0 Å². The summed E-state index contributed by atoms with van der Waals surface area (Å²) in [6.07, 6.45) is 5.04. The summed E-state index contributed by atoms with van der Waals surface area (Å²) in [5, 5.41) is 6.80. The largest absolute Gasteiger partial charge is 0.399 e. The van der Waals surface area contributed by atoms with Crippen molar-refractivity contribution < 1.29 is 26.4 Å². The standard InChI is InChI=1S/C28H41N3O6S2/c1-7-13-19-27(17-9-3,38(34,35)11-5)30-25(32)23-16-15-22(29)21-24(23)26(33)31-28(18-10-4,20-14-8-2)39(36,37)12-6/h9-12,15-16,21H,3-8,13-14,17-20,29H2,1-2H3,(H,30,32)(H,31,33). The average molecular weight is 580 g/mol. The lowest BCUT2D eigenvalue weighted by atomic mass is 10.0. The number of amides is 2. The van der Waals surface area contributed by atoms with Crippen molar-refractivity contribution in [1.82, 2.24) is 10.6 Å². The molecule has 39 heavy (non-hydrogen) atoms. The zero-order valence-electron chi connectivity index (χ0n) is 22.9. The van der Waals surface area contributed by atoms with Crippen molar-refractivity contribution in [2.45, 2.75) is 75.0 Å². The number of carbonyl (C=O) groups excluding carboxylic acids is 2. The molecule has 0 saturated carbocycles. The van der Waals surface area contributed by atoms with Gasteiger partial charge in [0.2, 0.25) is 0 Å². The van der Waals surface area contributed by atoms with E-state index in [0.29, 0.717) is 25.7 Å². The van der Waals surface area contributed by atoms with E-state index in [1.165, 1.54) is 30.4 Å². The monoisotopic (exact) mass is 579 g/mol. The zero-order chi connectivity index (χ0) is 29.9. The topological polar surface area (TPSA) is 152 Å². The first-order valence-corrected chi connectivity index (χ1v) is 15.9. The molecule has 9 nitrogen and oxygen atoms in total. The number of nitrogen functional groups attached to an aromatic ring is 1. The Morgan fingerprint density at radius 1 is 0.795 bits per heavy atom. The summed E-state index contributed by atoms with van der Waals surface area (Å²) in [5.41, 5.74) is 5.68. The van der Waals surface area contributed by atoms with E-state index in [-0.39, 0.29) is 42.5 Å². The Kier molecular flexibility index (Phi) is 12.4. The Morgan fingerprint density at radius 2 is 1.21 bits per heavy atom. The second-order valence-electron chi connectivity index (χ2n) is 9.32. The van der Waals surface area contributed by atoms with Crippen LogP contribution in [0.1, 0.15) is 85.9 Å². The van der Waals surface area contributed by atoms with Crippen molar-refractivity contribution in [3.63, 3.8) is 0 Å². The van der Waals surface area contributed by atoms with Crippen molar-refractivity contribution in [2.75, 3.05) is 5.73 Å². The minimum atomic E-state index is -4.04. The van der Waals surface area contributed by atoms with Gasteiger partial charge in [-0.2, -0.15) is 0 Å². The fourth-order valence-electron chi connectivity index (χ4n) is 4.30. The Labute approximate surface area is 233 Å². The van der Waals surface area contributed by atoms with Gasteiger partial charge in [-0.1, -0.05) is 64.8 Å². The van der Waals surface area contributed by atoms with Crippen molar-refractivity contribution in [3.05, 3.63) is 78.6 Å². The third-order valence-electron chi connectivity index (χ3n) is 6.56. The lowest BCUT2D eigenvalue weighted by Crippen LogP contribution is -2.55. The first kappa shape index (κ1) is 33.8. The normalized spacial score (nSPS) is 14.7. The van der Waals surface area contributed by atoms with Gasteiger partial charge in [0, 0.05) is 29.3 Å². The van der Waals surface area contributed by atoms with E-state index in [2.05, 4.69) is 36.9 Å². The zero-order valence-corrected chi connectivity index (χ0v) is 24.5. The van der Waals surface area contributed by atoms with Crippen LogP contribution in [0.2, 0.25) is 0 Å². The van der Waals surface area contributed by atoms with Crippen LogP contribution < -0.4 is 16.4 Å². The number of rotatable bonds is 18. The summed E-state index contributed by atoms with van der Waals surface area (Å²) in [5.74, 6) is -1.72. The number of hydrogen-bond acceptors (Lipinski definition) is 7. The number of nitrogens with one attached hydrogen (secondary N) is 2. The molecular formula is C28H41N3O6S2. The molecule has 2 atom stereocenters. The molecule has 4 N–H and O–H groups in total. The van der Waals surface area contributed by atoms with Gasteiger partial charge in [0.15, 0.2) is 19.7 Å². The van der Waals surface area contributed by atoms with Crippen LogP contribution in [0.4, 0.5) is 5.69 Å². The van der Waals surface area contributed by atoms with E-state index in [4.69, 9.17) is 5.73 Å². The molecule has 0 saturated heterocycles. The van der Waals surface area contributed by atoms with Crippen LogP contribution in [-0.2, 0) is 19.7 Å². The Bertz CT molecular complexity index is 1300. The number of sulfone groups is 2. The van der Waals surface area contributed by atoms with Crippen LogP contribution in [0.3, 0.4) is 0 Å². The van der Waals surface area contributed by atoms with Gasteiger partial charge in [-0.15, -0.1) is 13.2 Å². The van der Waals surface area contributed by atoms with Crippen molar-refractivity contribution in [1.29, 1.82) is 0 Å². The van der Waals surface area contributed by atoms with Gasteiger partial charge in [-0.25, -0.2) is 16.8 Å². The number of unbranched alkanes of at least 4 members (excludes halogenated alkanes) is 2. The number of benzene rings is 1. The molecule has 1 rings (SSSR count). The fourth-order valence-corrected chi connectivity index (χ4v) is 6.96. The maximum Gasteiger partial charge on any atom is 0.253 e. The molecule has 0 spiro atoms. The molecule has 0 radical (unpaired) electrons. The maximum absolute atomic E-state index is 13.6. The van der Waals surface area contributed by atoms with E-state index >= 15 is 0 Å². The molecule has 2 amide bonds. The Balaban J connectivity index is 3.70. The van der Waals surface area contributed by atoms with Crippen LogP contribution in [0.25, 0.3) is 0 Å². The highest BCUT2D eigenvalue weighted by molar-refractivity contribution is 7.95. The van der Waals surface area contributed by atoms with Gasteiger partial charge < -0.3 is 16.4 Å². The third-order valence-corrected chi connectivity index (χ3v) is 10.6. The van der Waals surface area contributed by atoms with Gasteiger partial charge in [-0.3, -0.25) is 9.59 Å². The highest BCUT2D eigenvalue weighted by Crippen LogP contribution is 2.31. The molecule has 0 aliphatic heterocycles. The third kappa shape index (κ3) is 7.69. The second kappa shape index (κ2) is 14.3. The predicted octanol–water partition coefficient (Wildman–Crippen LogP) is 4.77. The molecule has 0 bridgehead atoms. The molecular weight excluding hydrogens is 538 g/mol. The molecule has 0 fully saturated rings. The van der Waals surface area contributed by atoms with E-state index in [9.17, 15) is 26.4 Å². The maximum atomic E-state index is 13.6. The summed E-state index contributed by atoms with van der Waals surface area (Å²) in [7, 11) is -8.08. The average Bonchev–Trinajstić information content (AvgIpc) is 2.90. The molecule has 2 unspecified atom stereocenters. The predicted molar refractivity (Wildman–Crippen MR) is 158 cm³/mol. The van der Waals surface area contributed by atoms with Gasteiger partial charge in [0.25, 0.3) is 11.8 Å². The van der Waals surface area contributed by atoms with E-state index < -0.39 is 41.2 Å². The van der Waals surface area contributed by atoms with Crippen LogP contribution in [-0.4, -0.2) is 38.4 Å². The first-order chi connectivity index (χ1) is 18.3. The van der Waals surface area contributed by atoms with Crippen LogP contribution >= 0.6 is 0 Å². The summed E-state index contributed by atoms with van der Waals surface area (Å²) in [6, 6.07) is 3.93. The molecule has 0 heterocycles. The number of hydrogen-bond donors (Lipinski definition) is 3. The van der Waals surface area contributed by atoms with Crippen molar-refractivity contribution in [2.24, 2.45) is 0 Å².